The molecule has 5 nitrogen and oxygen atoms in total. The van der Waals surface area contributed by atoms with Gasteiger partial charge in [-0.1, -0.05) is 35.3 Å². The van der Waals surface area contributed by atoms with Gasteiger partial charge in [-0.05, 0) is 30.7 Å². The lowest BCUT2D eigenvalue weighted by molar-refractivity contribution is -0.138. The summed E-state index contributed by atoms with van der Waals surface area (Å²) in [4.78, 5) is 20.7. The van der Waals surface area contributed by atoms with Gasteiger partial charge in [0.05, 0.1) is 5.02 Å². The Balaban J connectivity index is 1.49. The van der Waals surface area contributed by atoms with E-state index < -0.39 is 0 Å². The molecule has 1 aliphatic rings. The molecule has 2 heterocycles. The highest BCUT2D eigenvalue weighted by atomic mass is 35.5. The molecule has 1 fully saturated rings. The molecule has 1 atom stereocenters. The number of halogens is 2. The monoisotopic (exact) mass is 393 g/mol. The van der Waals surface area contributed by atoms with Crippen LogP contribution < -0.4 is 4.74 Å². The second-order valence-electron chi connectivity index (χ2n) is 6.40. The Kier molecular flexibility index (Phi) is 6.35. The average Bonchev–Trinajstić information content (AvgIpc) is 2.63. The zero-order chi connectivity index (χ0) is 18.5. The lowest BCUT2D eigenvalue weighted by Crippen LogP contribution is -2.54. The fourth-order valence-electron chi connectivity index (χ4n) is 3.06. The zero-order valence-corrected chi connectivity index (χ0v) is 16.1. The fraction of sp³-hybridized carbons (Fsp3) is 0.368. The minimum Gasteiger partial charge on any atom is -0.468 e. The van der Waals surface area contributed by atoms with Crippen molar-refractivity contribution in [1.29, 1.82) is 0 Å². The first kappa shape index (κ1) is 19.0. The Labute approximate surface area is 163 Å². The minimum atomic E-state index is -0.0274. The van der Waals surface area contributed by atoms with Gasteiger partial charge >= 0.3 is 0 Å². The summed E-state index contributed by atoms with van der Waals surface area (Å²) >= 11 is 11.7. The van der Waals surface area contributed by atoms with E-state index in [9.17, 15) is 4.79 Å². The lowest BCUT2D eigenvalue weighted by Gasteiger charge is -2.39. The number of hydrogen-bond acceptors (Lipinski definition) is 4. The van der Waals surface area contributed by atoms with Gasteiger partial charge in [-0.15, -0.1) is 0 Å². The van der Waals surface area contributed by atoms with Crippen LogP contribution in [0.2, 0.25) is 10.0 Å². The Morgan fingerprint density at radius 2 is 1.88 bits per heavy atom. The number of aromatic nitrogens is 1. The van der Waals surface area contributed by atoms with Crippen molar-refractivity contribution >= 4 is 29.1 Å². The van der Waals surface area contributed by atoms with Gasteiger partial charge in [-0.25, -0.2) is 4.98 Å². The highest BCUT2D eigenvalue weighted by Crippen LogP contribution is 2.16. The molecule has 0 aliphatic carbocycles. The number of hydrogen-bond donors (Lipinski definition) is 0. The van der Waals surface area contributed by atoms with E-state index in [2.05, 4.69) is 16.8 Å². The molecule has 1 aliphatic heterocycles. The molecule has 0 N–H and O–H groups in total. The molecular weight excluding hydrogens is 373 g/mol. The van der Waals surface area contributed by atoms with Gasteiger partial charge in [0.1, 0.15) is 0 Å². The predicted molar refractivity (Wildman–Crippen MR) is 103 cm³/mol. The van der Waals surface area contributed by atoms with Crippen LogP contribution in [0.15, 0.2) is 42.6 Å². The van der Waals surface area contributed by atoms with Crippen molar-refractivity contribution in [2.45, 2.75) is 19.5 Å². The predicted octanol–water partition coefficient (Wildman–Crippen LogP) is 3.50. The molecule has 1 aromatic carbocycles. The molecule has 1 amide bonds. The smallest absolute Gasteiger partial charge is 0.260 e. The topological polar surface area (TPSA) is 45.7 Å². The molecule has 138 valence electrons. The SMILES string of the molecule is C[C@@H]1CN(Cc2ccc(Cl)cc2)CCN1C(=O)COc1ccc(Cl)cn1. The Bertz CT molecular complexity index is 737. The summed E-state index contributed by atoms with van der Waals surface area (Å²) in [6, 6.07) is 11.4. The van der Waals surface area contributed by atoms with E-state index in [-0.39, 0.29) is 18.6 Å². The molecule has 1 saturated heterocycles. The molecule has 3 rings (SSSR count). The van der Waals surface area contributed by atoms with Crippen molar-refractivity contribution in [2.75, 3.05) is 26.2 Å². The van der Waals surface area contributed by atoms with Crippen LogP contribution in [-0.2, 0) is 11.3 Å². The van der Waals surface area contributed by atoms with E-state index in [4.69, 9.17) is 27.9 Å². The van der Waals surface area contributed by atoms with Gasteiger partial charge in [-0.2, -0.15) is 0 Å². The van der Waals surface area contributed by atoms with Gasteiger partial charge < -0.3 is 9.64 Å². The summed E-state index contributed by atoms with van der Waals surface area (Å²) in [5, 5.41) is 1.28. The quantitative estimate of drug-likeness (QED) is 0.779. The number of amides is 1. The molecule has 0 saturated carbocycles. The number of piperazine rings is 1. The third-order valence-corrected chi connectivity index (χ3v) is 4.87. The van der Waals surface area contributed by atoms with Gasteiger partial charge in [0.2, 0.25) is 5.88 Å². The Hall–Kier alpha value is -1.82. The maximum Gasteiger partial charge on any atom is 0.260 e. The lowest BCUT2D eigenvalue weighted by atomic mass is 10.1. The summed E-state index contributed by atoms with van der Waals surface area (Å²) < 4.78 is 5.47. The van der Waals surface area contributed by atoms with Crippen LogP contribution in [-0.4, -0.2) is 53.0 Å². The van der Waals surface area contributed by atoms with Crippen LogP contribution >= 0.6 is 23.2 Å². The molecule has 2 aromatic rings. The van der Waals surface area contributed by atoms with E-state index >= 15 is 0 Å². The van der Waals surface area contributed by atoms with Crippen LogP contribution in [0.4, 0.5) is 0 Å². The van der Waals surface area contributed by atoms with Crippen molar-refractivity contribution in [2.24, 2.45) is 0 Å². The maximum atomic E-state index is 12.5. The molecule has 7 heteroatoms. The van der Waals surface area contributed by atoms with Crippen molar-refractivity contribution in [3.63, 3.8) is 0 Å². The van der Waals surface area contributed by atoms with Crippen molar-refractivity contribution in [1.82, 2.24) is 14.8 Å². The Morgan fingerprint density at radius 1 is 1.15 bits per heavy atom. The number of benzene rings is 1. The Morgan fingerprint density at radius 3 is 2.54 bits per heavy atom. The van der Waals surface area contributed by atoms with Crippen LogP contribution in [0.25, 0.3) is 0 Å². The summed E-state index contributed by atoms with van der Waals surface area (Å²) in [6.07, 6.45) is 1.50. The zero-order valence-electron chi connectivity index (χ0n) is 14.6. The average molecular weight is 394 g/mol. The van der Waals surface area contributed by atoms with E-state index in [0.717, 1.165) is 24.7 Å². The standard InChI is InChI=1S/C19H21Cl2N3O2/c1-14-11-23(12-15-2-4-16(20)5-3-15)8-9-24(14)19(25)13-26-18-7-6-17(21)10-22-18/h2-7,10,14H,8-9,11-13H2,1H3/t14-/m1/s1. The summed E-state index contributed by atoms with van der Waals surface area (Å²) in [7, 11) is 0. The first-order chi connectivity index (χ1) is 12.5. The molecule has 0 spiro atoms. The highest BCUT2D eigenvalue weighted by Gasteiger charge is 2.27. The second-order valence-corrected chi connectivity index (χ2v) is 7.27. The summed E-state index contributed by atoms with van der Waals surface area (Å²) in [5.74, 6) is 0.372. The fourth-order valence-corrected chi connectivity index (χ4v) is 3.30. The molecule has 0 unspecified atom stereocenters. The molecule has 0 radical (unpaired) electrons. The number of rotatable bonds is 5. The van der Waals surface area contributed by atoms with Crippen molar-refractivity contribution in [3.8, 4) is 5.88 Å². The highest BCUT2D eigenvalue weighted by molar-refractivity contribution is 6.30. The van der Waals surface area contributed by atoms with E-state index in [1.165, 1.54) is 11.8 Å². The van der Waals surface area contributed by atoms with Crippen LogP contribution in [0, 0.1) is 0 Å². The van der Waals surface area contributed by atoms with Crippen LogP contribution in [0.3, 0.4) is 0 Å². The van der Waals surface area contributed by atoms with Gasteiger partial charge in [0.15, 0.2) is 6.61 Å². The molecular formula is C19H21Cl2N3O2. The van der Waals surface area contributed by atoms with Crippen molar-refractivity contribution in [3.05, 3.63) is 58.2 Å². The number of nitrogens with zero attached hydrogens (tertiary/aromatic N) is 3. The van der Waals surface area contributed by atoms with E-state index in [1.807, 2.05) is 29.2 Å². The maximum absolute atomic E-state index is 12.5. The minimum absolute atomic E-state index is 0.0177. The van der Waals surface area contributed by atoms with Crippen LogP contribution in [0.5, 0.6) is 5.88 Å². The molecule has 1 aromatic heterocycles. The largest absolute Gasteiger partial charge is 0.468 e. The van der Waals surface area contributed by atoms with Crippen LogP contribution in [0.1, 0.15) is 12.5 Å². The number of pyridine rings is 1. The summed E-state index contributed by atoms with van der Waals surface area (Å²) in [6.45, 7) is 5.24. The first-order valence-corrected chi connectivity index (χ1v) is 9.27. The van der Waals surface area contributed by atoms with Crippen molar-refractivity contribution < 1.29 is 9.53 Å². The van der Waals surface area contributed by atoms with Gasteiger partial charge in [-0.3, -0.25) is 9.69 Å². The third kappa shape index (κ3) is 5.10. The summed E-state index contributed by atoms with van der Waals surface area (Å²) in [5.41, 5.74) is 1.22. The normalized spacial score (nSPS) is 18.0. The first-order valence-electron chi connectivity index (χ1n) is 8.52. The molecule has 0 bridgehead atoms. The van der Waals surface area contributed by atoms with E-state index in [0.29, 0.717) is 17.4 Å². The van der Waals surface area contributed by atoms with Gasteiger partial charge in [0.25, 0.3) is 5.91 Å². The number of carbonyl (C=O) groups excluding carboxylic acids is 1. The van der Waals surface area contributed by atoms with E-state index in [1.54, 1.807) is 12.1 Å². The molecule has 26 heavy (non-hydrogen) atoms. The number of ether oxygens (including phenoxy) is 1. The third-order valence-electron chi connectivity index (χ3n) is 4.40. The van der Waals surface area contributed by atoms with Gasteiger partial charge in [0, 0.05) is 49.5 Å². The number of carbonyl (C=O) groups is 1. The second kappa shape index (κ2) is 8.71.